The zero-order valence-electron chi connectivity index (χ0n) is 7.65. The third-order valence-corrected chi connectivity index (χ3v) is 9.66. The molecule has 0 bridgehead atoms. The Hall–Kier alpha value is 0.624. The summed E-state index contributed by atoms with van der Waals surface area (Å²) in [6.07, 6.45) is 0. The summed E-state index contributed by atoms with van der Waals surface area (Å²) in [6, 6.07) is 0. The SMILES string of the molecule is C=C(C)[SiH]1O[SiH2]O[SiH2]O[SiH2]O[SiH2]O1. The van der Waals surface area contributed by atoms with Gasteiger partial charge in [-0.3, -0.25) is 0 Å². The molecule has 13 heavy (non-hydrogen) atoms. The van der Waals surface area contributed by atoms with E-state index in [0.29, 0.717) is 0 Å². The minimum atomic E-state index is -1.65. The van der Waals surface area contributed by atoms with Crippen LogP contribution in [-0.2, 0) is 20.6 Å². The Kier molecular flexibility index (Phi) is 6.29. The monoisotopic (exact) mass is 270 g/mol. The second-order valence-corrected chi connectivity index (χ2v) is 12.8. The molecule has 1 heterocycles. The zero-order chi connectivity index (χ0) is 9.52. The van der Waals surface area contributed by atoms with Crippen molar-refractivity contribution in [1.82, 2.24) is 0 Å². The average Bonchev–Trinajstić information content (AvgIpc) is 2.14. The first-order valence-corrected chi connectivity index (χ1v) is 10.1. The van der Waals surface area contributed by atoms with Gasteiger partial charge in [-0.25, -0.2) is 0 Å². The quantitative estimate of drug-likeness (QED) is 0.461. The summed E-state index contributed by atoms with van der Waals surface area (Å²) in [4.78, 5) is 0. The highest BCUT2D eigenvalue weighted by Crippen LogP contribution is 2.00. The predicted octanol–water partition coefficient (Wildman–Crippen LogP) is -3.59. The molecule has 0 aromatic carbocycles. The van der Waals surface area contributed by atoms with Gasteiger partial charge in [0.05, 0.1) is 0 Å². The molecule has 0 aromatic rings. The molecule has 1 saturated heterocycles. The van der Waals surface area contributed by atoms with Gasteiger partial charge in [0.2, 0.25) is 0 Å². The van der Waals surface area contributed by atoms with E-state index in [1.807, 2.05) is 6.92 Å². The van der Waals surface area contributed by atoms with Gasteiger partial charge in [0.1, 0.15) is 0 Å². The van der Waals surface area contributed by atoms with E-state index in [9.17, 15) is 0 Å². The molecule has 5 nitrogen and oxygen atoms in total. The zero-order valence-corrected chi connectivity index (χ0v) is 14.5. The molecule has 1 aliphatic heterocycles. The van der Waals surface area contributed by atoms with Crippen LogP contribution in [0.25, 0.3) is 0 Å². The molecule has 0 radical (unpaired) electrons. The fourth-order valence-corrected chi connectivity index (χ4v) is 11.7. The Morgan fingerprint density at radius 2 is 1.46 bits per heavy atom. The van der Waals surface area contributed by atoms with Crippen LogP contribution >= 0.6 is 0 Å². The lowest BCUT2D eigenvalue weighted by Gasteiger charge is -2.19. The van der Waals surface area contributed by atoms with Crippen LogP contribution in [0.3, 0.4) is 0 Å². The smallest absolute Gasteiger partial charge is 0.332 e. The van der Waals surface area contributed by atoms with Crippen LogP contribution in [0.15, 0.2) is 11.8 Å². The Balaban J connectivity index is 2.30. The maximum Gasteiger partial charge on any atom is 0.332 e. The fourth-order valence-electron chi connectivity index (χ4n) is 0.772. The summed E-state index contributed by atoms with van der Waals surface area (Å²) in [5.41, 5.74) is 0. The number of allylic oxidation sites excluding steroid dienone is 1. The van der Waals surface area contributed by atoms with Gasteiger partial charge in [0, 0.05) is 0 Å². The predicted molar refractivity (Wildman–Crippen MR) is 61.6 cm³/mol. The lowest BCUT2D eigenvalue weighted by atomic mass is 10.8. The first-order valence-electron chi connectivity index (χ1n) is 3.92. The van der Waals surface area contributed by atoms with E-state index in [1.165, 1.54) is 0 Å². The Morgan fingerprint density at radius 3 is 1.92 bits per heavy atom. The second kappa shape index (κ2) is 6.99. The largest absolute Gasteiger partial charge is 0.425 e. The van der Waals surface area contributed by atoms with Crippen molar-refractivity contribution in [3.63, 3.8) is 0 Å². The summed E-state index contributed by atoms with van der Waals surface area (Å²) in [6.45, 7) is 5.78. The lowest BCUT2D eigenvalue weighted by Crippen LogP contribution is -2.33. The summed E-state index contributed by atoms with van der Waals surface area (Å²) in [5, 5.41) is 1.01. The van der Waals surface area contributed by atoms with E-state index in [1.54, 1.807) is 0 Å². The summed E-state index contributed by atoms with van der Waals surface area (Å²) >= 11 is 0. The van der Waals surface area contributed by atoms with Crippen LogP contribution < -0.4 is 0 Å². The molecular weight excluding hydrogens is 256 g/mol. The van der Waals surface area contributed by atoms with E-state index >= 15 is 0 Å². The van der Waals surface area contributed by atoms with Crippen LogP contribution in [0.1, 0.15) is 6.92 Å². The van der Waals surface area contributed by atoms with E-state index in [4.69, 9.17) is 20.6 Å². The third-order valence-electron chi connectivity index (χ3n) is 1.34. The van der Waals surface area contributed by atoms with Crippen LogP contribution in [0.2, 0.25) is 0 Å². The Labute approximate surface area is 88.8 Å². The maximum atomic E-state index is 5.54. The topological polar surface area (TPSA) is 46.2 Å². The number of hydrogen-bond acceptors (Lipinski definition) is 5. The van der Waals surface area contributed by atoms with E-state index in [2.05, 4.69) is 6.58 Å². The highest BCUT2D eigenvalue weighted by molar-refractivity contribution is 6.64. The average molecular weight is 271 g/mol. The number of rotatable bonds is 1. The molecule has 0 spiro atoms. The van der Waals surface area contributed by atoms with E-state index in [0.717, 1.165) is 5.20 Å². The normalized spacial score (nSPS) is 34.1. The van der Waals surface area contributed by atoms with E-state index in [-0.39, 0.29) is 0 Å². The molecule has 0 aromatic heterocycles. The fraction of sp³-hybridized carbons (Fsp3) is 0.333. The van der Waals surface area contributed by atoms with Crippen molar-refractivity contribution in [2.45, 2.75) is 6.92 Å². The van der Waals surface area contributed by atoms with Crippen molar-refractivity contribution in [2.75, 3.05) is 0 Å². The summed E-state index contributed by atoms with van der Waals surface area (Å²) < 4.78 is 26.9. The van der Waals surface area contributed by atoms with Gasteiger partial charge >= 0.3 is 9.28 Å². The van der Waals surface area contributed by atoms with Gasteiger partial charge in [-0.2, -0.15) is 0 Å². The lowest BCUT2D eigenvalue weighted by molar-refractivity contribution is 0.337. The highest BCUT2D eigenvalue weighted by Gasteiger charge is 2.15. The molecule has 1 fully saturated rings. The van der Waals surface area contributed by atoms with Crippen molar-refractivity contribution < 1.29 is 20.6 Å². The standard InChI is InChI=1S/C3H14O5Si5/c1-3(2)13-7-11-5-9-4-10-6-12-8-13/h13H,1,9-12H2,2H3. The van der Waals surface area contributed by atoms with Gasteiger partial charge in [-0.15, -0.1) is 0 Å². The molecule has 0 unspecified atom stereocenters. The second-order valence-electron chi connectivity index (χ2n) is 2.60. The molecule has 0 N–H and O–H groups in total. The maximum absolute atomic E-state index is 5.54. The number of hydrogen-bond donors (Lipinski definition) is 0. The van der Waals surface area contributed by atoms with Crippen LogP contribution in [0, 0.1) is 0 Å². The van der Waals surface area contributed by atoms with Gasteiger partial charge in [0.25, 0.3) is 40.0 Å². The molecule has 0 saturated carbocycles. The molecular formula is C3H14O5Si5. The minimum Gasteiger partial charge on any atom is -0.425 e. The molecule has 1 aliphatic rings. The Bertz CT molecular complexity index is 156. The summed E-state index contributed by atoms with van der Waals surface area (Å²) in [7, 11) is -5.01. The van der Waals surface area contributed by atoms with Crippen molar-refractivity contribution in [2.24, 2.45) is 0 Å². The molecule has 1 rings (SSSR count). The van der Waals surface area contributed by atoms with Gasteiger partial charge in [-0.05, 0) is 12.1 Å². The van der Waals surface area contributed by atoms with Crippen LogP contribution in [-0.4, -0.2) is 49.3 Å². The first kappa shape index (κ1) is 11.7. The molecule has 0 atom stereocenters. The minimum absolute atomic E-state index is 0.801. The first-order chi connectivity index (χ1) is 6.30. The third kappa shape index (κ3) is 5.16. The highest BCUT2D eigenvalue weighted by atomic mass is 28.4. The van der Waals surface area contributed by atoms with Crippen LogP contribution in [0.5, 0.6) is 0 Å². The van der Waals surface area contributed by atoms with Crippen molar-refractivity contribution >= 4 is 49.3 Å². The Morgan fingerprint density at radius 1 is 1.00 bits per heavy atom. The van der Waals surface area contributed by atoms with Crippen LogP contribution in [0.4, 0.5) is 0 Å². The van der Waals surface area contributed by atoms with Gasteiger partial charge < -0.3 is 20.6 Å². The van der Waals surface area contributed by atoms with Crippen molar-refractivity contribution in [1.29, 1.82) is 0 Å². The van der Waals surface area contributed by atoms with Gasteiger partial charge in [0.15, 0.2) is 0 Å². The van der Waals surface area contributed by atoms with E-state index < -0.39 is 49.3 Å². The molecule has 10 heteroatoms. The summed E-state index contributed by atoms with van der Waals surface area (Å²) in [5.74, 6) is 0. The van der Waals surface area contributed by atoms with Gasteiger partial charge in [-0.1, -0.05) is 6.58 Å². The van der Waals surface area contributed by atoms with Crippen molar-refractivity contribution in [3.05, 3.63) is 11.8 Å². The molecule has 0 amide bonds. The molecule has 0 aliphatic carbocycles. The molecule has 76 valence electrons. The van der Waals surface area contributed by atoms with Crippen molar-refractivity contribution in [3.8, 4) is 0 Å².